The van der Waals surface area contributed by atoms with Crippen molar-refractivity contribution >= 4 is 16.0 Å². The zero-order valence-electron chi connectivity index (χ0n) is 10.9. The molecule has 2 rings (SSSR count). The Morgan fingerprint density at radius 1 is 1.53 bits per heavy atom. The molecule has 7 nitrogen and oxygen atoms in total. The molecule has 2 atom stereocenters. The van der Waals surface area contributed by atoms with Crippen LogP contribution in [0.4, 0.5) is 0 Å². The zero-order valence-corrected chi connectivity index (χ0v) is 11.7. The number of piperidine rings is 1. The summed E-state index contributed by atoms with van der Waals surface area (Å²) in [7, 11) is -2.03. The topological polar surface area (TPSA) is 92.5 Å². The summed E-state index contributed by atoms with van der Waals surface area (Å²) in [5.74, 6) is -1.60. The van der Waals surface area contributed by atoms with Crippen molar-refractivity contribution in [1.29, 1.82) is 0 Å². The minimum atomic E-state index is -3.67. The average Bonchev–Trinajstić information content (AvgIpc) is 2.76. The summed E-state index contributed by atoms with van der Waals surface area (Å²) in [4.78, 5) is 11.2. The first-order chi connectivity index (χ1) is 8.84. The van der Waals surface area contributed by atoms with Crippen LogP contribution >= 0.6 is 0 Å². The van der Waals surface area contributed by atoms with Crippen molar-refractivity contribution in [3.63, 3.8) is 0 Å². The predicted molar refractivity (Wildman–Crippen MR) is 66.9 cm³/mol. The van der Waals surface area contributed by atoms with Gasteiger partial charge in [-0.2, -0.15) is 9.40 Å². The van der Waals surface area contributed by atoms with Gasteiger partial charge in [0.2, 0.25) is 10.0 Å². The highest BCUT2D eigenvalue weighted by Gasteiger charge is 2.39. The molecule has 1 aliphatic rings. The van der Waals surface area contributed by atoms with E-state index >= 15 is 0 Å². The maximum atomic E-state index is 12.5. The van der Waals surface area contributed by atoms with Crippen molar-refractivity contribution in [3.8, 4) is 0 Å². The summed E-state index contributed by atoms with van der Waals surface area (Å²) >= 11 is 0. The molecule has 1 aromatic heterocycles. The lowest BCUT2D eigenvalue weighted by molar-refractivity contribution is -0.144. The maximum Gasteiger partial charge on any atom is 0.308 e. The van der Waals surface area contributed by atoms with Crippen LogP contribution in [0.3, 0.4) is 0 Å². The zero-order chi connectivity index (χ0) is 14.2. The number of nitrogens with zero attached hydrogens (tertiary/aromatic N) is 3. The first kappa shape index (κ1) is 14.0. The number of rotatable bonds is 3. The SMILES string of the molecule is C[C@@H]1[C@H](C(=O)O)CCCN1S(=O)(=O)c1cnn(C)c1. The van der Waals surface area contributed by atoms with E-state index in [-0.39, 0.29) is 4.90 Å². The Bertz CT molecular complexity index is 581. The van der Waals surface area contributed by atoms with E-state index in [9.17, 15) is 13.2 Å². The van der Waals surface area contributed by atoms with Gasteiger partial charge < -0.3 is 5.11 Å². The van der Waals surface area contributed by atoms with Gasteiger partial charge in [-0.15, -0.1) is 0 Å². The van der Waals surface area contributed by atoms with E-state index in [2.05, 4.69) is 5.10 Å². The molecule has 0 saturated carbocycles. The third-order valence-electron chi connectivity index (χ3n) is 3.54. The molecule has 19 heavy (non-hydrogen) atoms. The molecule has 1 saturated heterocycles. The van der Waals surface area contributed by atoms with Crippen molar-refractivity contribution in [2.45, 2.75) is 30.7 Å². The molecular formula is C11H17N3O4S. The summed E-state index contributed by atoms with van der Waals surface area (Å²) in [5.41, 5.74) is 0. The number of carbonyl (C=O) groups is 1. The number of hydrogen-bond donors (Lipinski definition) is 1. The summed E-state index contributed by atoms with van der Waals surface area (Å²) in [6.07, 6.45) is 3.77. The number of aromatic nitrogens is 2. The number of aliphatic carboxylic acids is 1. The molecule has 0 aromatic carbocycles. The van der Waals surface area contributed by atoms with Crippen LogP contribution in [0.1, 0.15) is 19.8 Å². The number of hydrogen-bond acceptors (Lipinski definition) is 4. The molecule has 0 aliphatic carbocycles. The fraction of sp³-hybridized carbons (Fsp3) is 0.636. The fourth-order valence-electron chi connectivity index (χ4n) is 2.45. The maximum absolute atomic E-state index is 12.5. The lowest BCUT2D eigenvalue weighted by Gasteiger charge is -2.36. The minimum Gasteiger partial charge on any atom is -0.481 e. The molecule has 0 bridgehead atoms. The van der Waals surface area contributed by atoms with E-state index in [1.54, 1.807) is 14.0 Å². The Morgan fingerprint density at radius 3 is 2.74 bits per heavy atom. The van der Waals surface area contributed by atoms with Crippen molar-refractivity contribution in [3.05, 3.63) is 12.4 Å². The molecule has 0 radical (unpaired) electrons. The van der Waals surface area contributed by atoms with Crippen LogP contribution in [0.25, 0.3) is 0 Å². The van der Waals surface area contributed by atoms with Crippen LogP contribution in [-0.4, -0.2) is 46.2 Å². The number of carboxylic acids is 1. The van der Waals surface area contributed by atoms with E-state index in [0.29, 0.717) is 19.4 Å². The van der Waals surface area contributed by atoms with Gasteiger partial charge in [0.15, 0.2) is 0 Å². The van der Waals surface area contributed by atoms with E-state index < -0.39 is 28.0 Å². The van der Waals surface area contributed by atoms with Crippen LogP contribution in [0, 0.1) is 5.92 Å². The first-order valence-corrected chi connectivity index (χ1v) is 7.51. The highest BCUT2D eigenvalue weighted by molar-refractivity contribution is 7.89. The molecule has 106 valence electrons. The van der Waals surface area contributed by atoms with Crippen LogP contribution in [0.5, 0.6) is 0 Å². The van der Waals surface area contributed by atoms with Crippen LogP contribution in [0.2, 0.25) is 0 Å². The standard InChI is InChI=1S/C11H17N3O4S/c1-8-10(11(15)16)4-3-5-14(8)19(17,18)9-6-12-13(2)7-9/h6-8,10H,3-5H2,1-2H3,(H,15,16)/t8-,10-/m1/s1. The largest absolute Gasteiger partial charge is 0.481 e. The molecule has 1 aromatic rings. The van der Waals surface area contributed by atoms with Crippen LogP contribution in [-0.2, 0) is 21.9 Å². The molecule has 0 amide bonds. The smallest absolute Gasteiger partial charge is 0.308 e. The third kappa shape index (κ3) is 2.50. The highest BCUT2D eigenvalue weighted by Crippen LogP contribution is 2.29. The summed E-state index contributed by atoms with van der Waals surface area (Å²) in [6, 6.07) is -0.545. The lowest BCUT2D eigenvalue weighted by atomic mass is 9.92. The van der Waals surface area contributed by atoms with Gasteiger partial charge >= 0.3 is 5.97 Å². The van der Waals surface area contributed by atoms with Gasteiger partial charge in [-0.05, 0) is 19.8 Å². The van der Waals surface area contributed by atoms with E-state index in [1.807, 2.05) is 0 Å². The minimum absolute atomic E-state index is 0.105. The van der Waals surface area contributed by atoms with Crippen molar-refractivity contribution in [2.75, 3.05) is 6.54 Å². The number of carboxylic acid groups (broad SMARTS) is 1. The van der Waals surface area contributed by atoms with E-state index in [4.69, 9.17) is 5.11 Å². The Labute approximate surface area is 111 Å². The monoisotopic (exact) mass is 287 g/mol. The molecule has 0 unspecified atom stereocenters. The molecule has 1 fully saturated rings. The van der Waals surface area contributed by atoms with Gasteiger partial charge in [-0.3, -0.25) is 9.48 Å². The van der Waals surface area contributed by atoms with Gasteiger partial charge in [-0.25, -0.2) is 8.42 Å². The summed E-state index contributed by atoms with van der Waals surface area (Å²) in [6.45, 7) is 1.99. The van der Waals surface area contributed by atoms with Crippen LogP contribution in [0.15, 0.2) is 17.3 Å². The quantitative estimate of drug-likeness (QED) is 0.862. The predicted octanol–water partition coefficient (Wildman–Crippen LogP) is 0.294. The van der Waals surface area contributed by atoms with E-state index in [1.165, 1.54) is 21.4 Å². The van der Waals surface area contributed by atoms with Gasteiger partial charge in [0.1, 0.15) is 4.90 Å². The third-order valence-corrected chi connectivity index (χ3v) is 5.47. The Hall–Kier alpha value is -1.41. The van der Waals surface area contributed by atoms with Crippen molar-refractivity contribution < 1.29 is 18.3 Å². The average molecular weight is 287 g/mol. The second kappa shape index (κ2) is 4.93. The van der Waals surface area contributed by atoms with Crippen LogP contribution < -0.4 is 0 Å². The Kier molecular flexibility index (Phi) is 3.64. The van der Waals surface area contributed by atoms with Crippen molar-refractivity contribution in [1.82, 2.24) is 14.1 Å². The first-order valence-electron chi connectivity index (χ1n) is 6.07. The normalized spacial score (nSPS) is 25.4. The van der Waals surface area contributed by atoms with Gasteiger partial charge in [0.25, 0.3) is 0 Å². The number of aryl methyl sites for hydroxylation is 1. The fourth-order valence-corrected chi connectivity index (χ4v) is 4.14. The summed E-state index contributed by atoms with van der Waals surface area (Å²) in [5, 5.41) is 13.0. The Morgan fingerprint density at radius 2 is 2.21 bits per heavy atom. The Balaban J connectivity index is 2.32. The second-order valence-corrected chi connectivity index (χ2v) is 6.68. The van der Waals surface area contributed by atoms with Gasteiger partial charge in [-0.1, -0.05) is 0 Å². The molecule has 0 spiro atoms. The molecular weight excluding hydrogens is 270 g/mol. The molecule has 1 aliphatic heterocycles. The molecule has 1 N–H and O–H groups in total. The second-order valence-electron chi connectivity index (χ2n) is 4.79. The molecule has 8 heteroatoms. The van der Waals surface area contributed by atoms with Gasteiger partial charge in [0.05, 0.1) is 12.1 Å². The highest BCUT2D eigenvalue weighted by atomic mass is 32.2. The van der Waals surface area contributed by atoms with Gasteiger partial charge in [0, 0.05) is 25.8 Å². The lowest BCUT2D eigenvalue weighted by Crippen LogP contribution is -2.48. The van der Waals surface area contributed by atoms with Crippen molar-refractivity contribution in [2.24, 2.45) is 13.0 Å². The van der Waals surface area contributed by atoms with E-state index in [0.717, 1.165) is 0 Å². The number of sulfonamides is 1. The summed E-state index contributed by atoms with van der Waals surface area (Å²) < 4.78 is 27.6. The molecule has 2 heterocycles.